The van der Waals surface area contributed by atoms with Gasteiger partial charge in [0.05, 0.1) is 0 Å². The van der Waals surface area contributed by atoms with Crippen LogP contribution in [0.3, 0.4) is 0 Å². The van der Waals surface area contributed by atoms with E-state index >= 15 is 0 Å². The van der Waals surface area contributed by atoms with Crippen LogP contribution in [0.2, 0.25) is 0 Å². The summed E-state index contributed by atoms with van der Waals surface area (Å²) in [5, 5.41) is 2.87. The lowest BCUT2D eigenvalue weighted by molar-refractivity contribution is -0.118. The van der Waals surface area contributed by atoms with Crippen molar-refractivity contribution >= 4 is 17.3 Å². The number of nitrogens with one attached hydrogen (secondary N) is 1. The number of benzene rings is 2. The highest BCUT2D eigenvalue weighted by atomic mass is 16.5. The number of anilines is 2. The SMILES string of the molecule is CN1CCc2ccc(NC(=O)COc3ccccc3)cc21. The van der Waals surface area contributed by atoms with Crippen LogP contribution in [0.15, 0.2) is 48.5 Å². The number of para-hydroxylation sites is 1. The van der Waals surface area contributed by atoms with Crippen LogP contribution in [0.25, 0.3) is 0 Å². The van der Waals surface area contributed by atoms with E-state index in [1.54, 1.807) is 0 Å². The molecule has 1 aliphatic heterocycles. The molecule has 3 rings (SSSR count). The Morgan fingerprint density at radius 1 is 1.24 bits per heavy atom. The van der Waals surface area contributed by atoms with E-state index in [0.717, 1.165) is 18.7 Å². The molecule has 0 radical (unpaired) electrons. The zero-order chi connectivity index (χ0) is 14.7. The van der Waals surface area contributed by atoms with Crippen LogP contribution in [0.5, 0.6) is 5.75 Å². The van der Waals surface area contributed by atoms with Gasteiger partial charge in [-0.15, -0.1) is 0 Å². The molecule has 0 saturated heterocycles. The molecule has 1 heterocycles. The van der Waals surface area contributed by atoms with Crippen molar-refractivity contribution in [2.24, 2.45) is 0 Å². The highest BCUT2D eigenvalue weighted by Gasteiger charge is 2.16. The number of carbonyl (C=O) groups is 1. The van der Waals surface area contributed by atoms with Crippen LogP contribution in [-0.2, 0) is 11.2 Å². The van der Waals surface area contributed by atoms with Crippen molar-refractivity contribution < 1.29 is 9.53 Å². The molecular weight excluding hydrogens is 264 g/mol. The molecule has 108 valence electrons. The molecule has 4 nitrogen and oxygen atoms in total. The maximum Gasteiger partial charge on any atom is 0.262 e. The van der Waals surface area contributed by atoms with E-state index in [-0.39, 0.29) is 12.5 Å². The number of ether oxygens (including phenoxy) is 1. The van der Waals surface area contributed by atoms with Crippen molar-refractivity contribution in [1.82, 2.24) is 0 Å². The molecule has 1 aliphatic rings. The van der Waals surface area contributed by atoms with Gasteiger partial charge in [0.15, 0.2) is 6.61 Å². The molecule has 0 unspecified atom stereocenters. The molecule has 21 heavy (non-hydrogen) atoms. The number of fused-ring (bicyclic) bond motifs is 1. The Kier molecular flexibility index (Phi) is 3.77. The maximum absolute atomic E-state index is 11.9. The number of nitrogens with zero attached hydrogens (tertiary/aromatic N) is 1. The second-order valence-corrected chi connectivity index (χ2v) is 5.16. The minimum Gasteiger partial charge on any atom is -0.484 e. The highest BCUT2D eigenvalue weighted by Crippen LogP contribution is 2.29. The molecule has 4 heteroatoms. The quantitative estimate of drug-likeness (QED) is 0.937. The minimum atomic E-state index is -0.153. The molecule has 1 amide bonds. The summed E-state index contributed by atoms with van der Waals surface area (Å²) in [6.45, 7) is 1.04. The van der Waals surface area contributed by atoms with Gasteiger partial charge in [0.25, 0.3) is 5.91 Å². The number of carbonyl (C=O) groups excluding carboxylic acids is 1. The summed E-state index contributed by atoms with van der Waals surface area (Å²) in [7, 11) is 2.07. The molecule has 0 fully saturated rings. The summed E-state index contributed by atoms with van der Waals surface area (Å²) in [5.74, 6) is 0.542. The first kappa shape index (κ1) is 13.5. The van der Waals surface area contributed by atoms with E-state index in [9.17, 15) is 4.79 Å². The number of hydrogen-bond acceptors (Lipinski definition) is 3. The van der Waals surface area contributed by atoms with Gasteiger partial charge in [0.2, 0.25) is 0 Å². The predicted molar refractivity (Wildman–Crippen MR) is 84.0 cm³/mol. The number of amides is 1. The second kappa shape index (κ2) is 5.87. The van der Waals surface area contributed by atoms with E-state index < -0.39 is 0 Å². The average molecular weight is 282 g/mol. The first-order valence-electron chi connectivity index (χ1n) is 7.04. The van der Waals surface area contributed by atoms with Gasteiger partial charge >= 0.3 is 0 Å². The van der Waals surface area contributed by atoms with Gasteiger partial charge in [0.1, 0.15) is 5.75 Å². The molecule has 0 aliphatic carbocycles. The van der Waals surface area contributed by atoms with Gasteiger partial charge in [-0.1, -0.05) is 24.3 Å². The fraction of sp³-hybridized carbons (Fsp3) is 0.235. The third-order valence-corrected chi connectivity index (χ3v) is 3.61. The van der Waals surface area contributed by atoms with E-state index in [2.05, 4.69) is 23.3 Å². The third-order valence-electron chi connectivity index (χ3n) is 3.61. The fourth-order valence-electron chi connectivity index (χ4n) is 2.48. The van der Waals surface area contributed by atoms with Crippen LogP contribution < -0.4 is 15.0 Å². The Morgan fingerprint density at radius 3 is 2.86 bits per heavy atom. The van der Waals surface area contributed by atoms with E-state index in [0.29, 0.717) is 5.75 Å². The van der Waals surface area contributed by atoms with Crippen molar-refractivity contribution in [2.45, 2.75) is 6.42 Å². The first-order chi connectivity index (χ1) is 10.2. The molecule has 0 aromatic heterocycles. The maximum atomic E-state index is 11.9. The lowest BCUT2D eigenvalue weighted by atomic mass is 10.1. The van der Waals surface area contributed by atoms with E-state index in [1.807, 2.05) is 42.5 Å². The zero-order valence-electron chi connectivity index (χ0n) is 12.0. The van der Waals surface area contributed by atoms with Crippen molar-refractivity contribution in [1.29, 1.82) is 0 Å². The molecule has 1 N–H and O–H groups in total. The first-order valence-corrected chi connectivity index (χ1v) is 7.04. The smallest absolute Gasteiger partial charge is 0.262 e. The third kappa shape index (κ3) is 3.16. The minimum absolute atomic E-state index is 0.0109. The van der Waals surface area contributed by atoms with Crippen molar-refractivity contribution in [3.05, 3.63) is 54.1 Å². The molecule has 0 spiro atoms. The summed E-state index contributed by atoms with van der Waals surface area (Å²) in [4.78, 5) is 14.1. The van der Waals surface area contributed by atoms with Gasteiger partial charge in [-0.3, -0.25) is 4.79 Å². The number of likely N-dealkylation sites (N-methyl/N-ethyl adjacent to an activating group) is 1. The van der Waals surface area contributed by atoms with Gasteiger partial charge in [0, 0.05) is 25.0 Å². The zero-order valence-corrected chi connectivity index (χ0v) is 12.0. The Balaban J connectivity index is 1.59. The summed E-state index contributed by atoms with van der Waals surface area (Å²) in [6, 6.07) is 15.4. The largest absolute Gasteiger partial charge is 0.484 e. The fourth-order valence-corrected chi connectivity index (χ4v) is 2.48. The summed E-state index contributed by atoms with van der Waals surface area (Å²) < 4.78 is 5.43. The Hall–Kier alpha value is -2.49. The Bertz CT molecular complexity index is 640. The van der Waals surface area contributed by atoms with Gasteiger partial charge < -0.3 is 15.0 Å². The topological polar surface area (TPSA) is 41.6 Å². The van der Waals surface area contributed by atoms with Crippen LogP contribution in [0, 0.1) is 0 Å². The molecule has 2 aromatic rings. The van der Waals surface area contributed by atoms with Crippen LogP contribution >= 0.6 is 0 Å². The molecule has 2 aromatic carbocycles. The normalized spacial score (nSPS) is 12.9. The van der Waals surface area contributed by atoms with E-state index in [1.165, 1.54) is 11.3 Å². The number of rotatable bonds is 4. The molecule has 0 saturated carbocycles. The van der Waals surface area contributed by atoms with Crippen molar-refractivity contribution in [3.8, 4) is 5.75 Å². The monoisotopic (exact) mass is 282 g/mol. The molecule has 0 bridgehead atoms. The van der Waals surface area contributed by atoms with Crippen molar-refractivity contribution in [2.75, 3.05) is 30.4 Å². The molecular formula is C17H18N2O2. The summed E-state index contributed by atoms with van der Waals surface area (Å²) in [6.07, 6.45) is 1.07. The average Bonchev–Trinajstić information content (AvgIpc) is 2.87. The van der Waals surface area contributed by atoms with Crippen LogP contribution in [-0.4, -0.2) is 26.1 Å². The van der Waals surface area contributed by atoms with Gasteiger partial charge in [-0.25, -0.2) is 0 Å². The van der Waals surface area contributed by atoms with Crippen LogP contribution in [0.1, 0.15) is 5.56 Å². The summed E-state index contributed by atoms with van der Waals surface area (Å²) >= 11 is 0. The standard InChI is InChI=1S/C17H18N2O2/c1-19-10-9-13-7-8-14(11-16(13)19)18-17(20)12-21-15-5-3-2-4-6-15/h2-8,11H,9-10,12H2,1H3,(H,18,20). The Morgan fingerprint density at radius 2 is 2.05 bits per heavy atom. The Labute approximate surface area is 124 Å². The number of hydrogen-bond donors (Lipinski definition) is 1. The van der Waals surface area contributed by atoms with Gasteiger partial charge in [-0.2, -0.15) is 0 Å². The lowest BCUT2D eigenvalue weighted by Crippen LogP contribution is -2.20. The van der Waals surface area contributed by atoms with E-state index in [4.69, 9.17) is 4.74 Å². The second-order valence-electron chi connectivity index (χ2n) is 5.16. The predicted octanol–water partition coefficient (Wildman–Crippen LogP) is 2.70. The lowest BCUT2D eigenvalue weighted by Gasteiger charge is -2.13. The van der Waals surface area contributed by atoms with Gasteiger partial charge in [-0.05, 0) is 36.2 Å². The summed E-state index contributed by atoms with van der Waals surface area (Å²) in [5.41, 5.74) is 3.33. The van der Waals surface area contributed by atoms with Crippen molar-refractivity contribution in [3.63, 3.8) is 0 Å². The van der Waals surface area contributed by atoms with Crippen LogP contribution in [0.4, 0.5) is 11.4 Å². The molecule has 0 atom stereocenters. The highest BCUT2D eigenvalue weighted by molar-refractivity contribution is 5.92.